The molecule has 0 atom stereocenters. The van der Waals surface area contributed by atoms with Gasteiger partial charge in [-0.05, 0) is 19.8 Å². The fraction of sp³-hybridized carbons (Fsp3) is 0.714. The Bertz CT molecular complexity index is 173. The first-order valence-electron chi connectivity index (χ1n) is 6.54. The summed E-state index contributed by atoms with van der Waals surface area (Å²) in [4.78, 5) is 0. The molecule has 5 heteroatoms. The Balaban J connectivity index is 0. The zero-order valence-electron chi connectivity index (χ0n) is 12.0. The topological polar surface area (TPSA) is 57.2 Å². The van der Waals surface area contributed by atoms with E-state index in [1.165, 1.54) is 12.5 Å². The second kappa shape index (κ2) is 22.2. The van der Waals surface area contributed by atoms with Crippen LogP contribution in [0, 0.1) is 0 Å². The van der Waals surface area contributed by atoms with Gasteiger partial charge in [-0.3, -0.25) is 0 Å². The van der Waals surface area contributed by atoms with Crippen LogP contribution in [-0.4, -0.2) is 51.4 Å². The maximum absolute atomic E-state index is 8.28. The molecule has 0 aliphatic heterocycles. The van der Waals surface area contributed by atoms with E-state index in [0.717, 1.165) is 19.4 Å². The van der Waals surface area contributed by atoms with Crippen LogP contribution >= 0.6 is 0 Å². The van der Waals surface area contributed by atoms with E-state index in [-0.39, 0.29) is 6.61 Å². The first-order valence-corrected chi connectivity index (χ1v) is 6.54. The molecular formula is C14H28O5. The fourth-order valence-corrected chi connectivity index (χ4v) is 0.935. The van der Waals surface area contributed by atoms with Crippen molar-refractivity contribution in [2.45, 2.75) is 19.8 Å². The van der Waals surface area contributed by atoms with E-state index in [2.05, 4.69) is 13.2 Å². The van der Waals surface area contributed by atoms with Crippen molar-refractivity contribution in [3.8, 4) is 0 Å². The number of aliphatic hydroxyl groups is 1. The molecule has 0 aromatic heterocycles. The molecule has 0 saturated heterocycles. The fourth-order valence-electron chi connectivity index (χ4n) is 0.935. The number of ether oxygens (including phenoxy) is 4. The van der Waals surface area contributed by atoms with Crippen LogP contribution in [-0.2, 0) is 18.9 Å². The van der Waals surface area contributed by atoms with Gasteiger partial charge in [0.15, 0.2) is 0 Å². The summed E-state index contributed by atoms with van der Waals surface area (Å²) in [6, 6.07) is 0. The zero-order chi connectivity index (χ0) is 14.6. The summed E-state index contributed by atoms with van der Waals surface area (Å²) >= 11 is 0. The van der Waals surface area contributed by atoms with Crippen molar-refractivity contribution in [1.82, 2.24) is 0 Å². The Hall–Kier alpha value is -1.04. The summed E-state index contributed by atoms with van der Waals surface area (Å²) in [5.74, 6) is 0. The number of rotatable bonds is 13. The molecule has 0 unspecified atom stereocenters. The summed E-state index contributed by atoms with van der Waals surface area (Å²) in [5.41, 5.74) is 0. The molecule has 1 N–H and O–H groups in total. The number of aliphatic hydroxyl groups excluding tert-OH is 1. The number of hydrogen-bond donors (Lipinski definition) is 1. The van der Waals surface area contributed by atoms with Crippen LogP contribution in [0.2, 0.25) is 0 Å². The Morgan fingerprint density at radius 1 is 0.842 bits per heavy atom. The Kier molecular flexibility index (Phi) is 23.7. The summed E-state index contributed by atoms with van der Waals surface area (Å²) in [6.45, 7) is 12.9. The lowest BCUT2D eigenvalue weighted by atomic mass is 10.3. The van der Waals surface area contributed by atoms with Gasteiger partial charge >= 0.3 is 0 Å². The van der Waals surface area contributed by atoms with E-state index < -0.39 is 0 Å². The van der Waals surface area contributed by atoms with E-state index in [4.69, 9.17) is 24.1 Å². The van der Waals surface area contributed by atoms with E-state index >= 15 is 0 Å². The lowest BCUT2D eigenvalue weighted by Gasteiger charge is -2.03. The van der Waals surface area contributed by atoms with Gasteiger partial charge in [0.25, 0.3) is 0 Å². The van der Waals surface area contributed by atoms with E-state index in [1.54, 1.807) is 0 Å². The van der Waals surface area contributed by atoms with Crippen LogP contribution in [0.25, 0.3) is 0 Å². The average Bonchev–Trinajstić information content (AvgIpc) is 2.44. The molecule has 0 aliphatic carbocycles. The molecule has 0 spiro atoms. The summed E-state index contributed by atoms with van der Waals surface area (Å²) in [6.07, 6.45) is 4.54. The van der Waals surface area contributed by atoms with Crippen molar-refractivity contribution in [2.24, 2.45) is 0 Å². The molecule has 19 heavy (non-hydrogen) atoms. The van der Waals surface area contributed by atoms with Gasteiger partial charge in [0.05, 0.1) is 39.0 Å². The monoisotopic (exact) mass is 276 g/mol. The first-order chi connectivity index (χ1) is 9.33. The summed E-state index contributed by atoms with van der Waals surface area (Å²) in [5, 5.41) is 8.28. The van der Waals surface area contributed by atoms with Crippen molar-refractivity contribution >= 4 is 0 Å². The van der Waals surface area contributed by atoms with Gasteiger partial charge in [-0.25, -0.2) is 0 Å². The van der Waals surface area contributed by atoms with E-state index in [9.17, 15) is 0 Å². The second-order valence-electron chi connectivity index (χ2n) is 3.31. The lowest BCUT2D eigenvalue weighted by Crippen LogP contribution is -2.07. The molecule has 0 saturated carbocycles. The predicted octanol–water partition coefficient (Wildman–Crippen LogP) is 2.12. The third-order valence-electron chi connectivity index (χ3n) is 1.83. The van der Waals surface area contributed by atoms with Crippen molar-refractivity contribution in [1.29, 1.82) is 0 Å². The quantitative estimate of drug-likeness (QED) is 0.412. The highest BCUT2D eigenvalue weighted by molar-refractivity contribution is 4.48. The molecule has 0 rings (SSSR count). The SMILES string of the molecule is C=COCCCCO.C=COCCOCCOCC. The third kappa shape index (κ3) is 26.5. The smallest absolute Gasteiger partial charge is 0.111 e. The summed E-state index contributed by atoms with van der Waals surface area (Å²) in [7, 11) is 0. The molecule has 0 bridgehead atoms. The Morgan fingerprint density at radius 2 is 1.42 bits per heavy atom. The highest BCUT2D eigenvalue weighted by Crippen LogP contribution is 1.87. The van der Waals surface area contributed by atoms with Crippen molar-refractivity contribution < 1.29 is 24.1 Å². The highest BCUT2D eigenvalue weighted by atomic mass is 16.5. The normalized spacial score (nSPS) is 9.16. The van der Waals surface area contributed by atoms with Crippen LogP contribution in [0.1, 0.15) is 19.8 Å². The van der Waals surface area contributed by atoms with Gasteiger partial charge < -0.3 is 24.1 Å². The van der Waals surface area contributed by atoms with Crippen molar-refractivity contribution in [3.05, 3.63) is 25.7 Å². The van der Waals surface area contributed by atoms with Gasteiger partial charge in [-0.1, -0.05) is 13.2 Å². The average molecular weight is 276 g/mol. The minimum atomic E-state index is 0.250. The van der Waals surface area contributed by atoms with Gasteiger partial charge in [0, 0.05) is 13.2 Å². The maximum atomic E-state index is 8.28. The maximum Gasteiger partial charge on any atom is 0.111 e. The highest BCUT2D eigenvalue weighted by Gasteiger charge is 1.86. The standard InChI is InChI=1S/C8H16O3.C6H12O2/c1-3-9-5-7-11-8-6-10-4-2;1-2-8-6-4-3-5-7/h3H,1,4-8H2,2H3;2,7H,1,3-6H2. The van der Waals surface area contributed by atoms with Crippen LogP contribution < -0.4 is 0 Å². The molecule has 0 amide bonds. The van der Waals surface area contributed by atoms with Gasteiger partial charge in [0.2, 0.25) is 0 Å². The molecule has 0 heterocycles. The van der Waals surface area contributed by atoms with Gasteiger partial charge in [-0.2, -0.15) is 0 Å². The van der Waals surface area contributed by atoms with Crippen LogP contribution in [0.4, 0.5) is 0 Å². The minimum absolute atomic E-state index is 0.250. The minimum Gasteiger partial charge on any atom is -0.502 e. The van der Waals surface area contributed by atoms with Crippen molar-refractivity contribution in [3.63, 3.8) is 0 Å². The summed E-state index contributed by atoms with van der Waals surface area (Å²) < 4.78 is 19.8. The zero-order valence-corrected chi connectivity index (χ0v) is 12.0. The third-order valence-corrected chi connectivity index (χ3v) is 1.83. The number of unbranched alkanes of at least 4 members (excludes halogenated alkanes) is 1. The Morgan fingerprint density at radius 3 is 2.00 bits per heavy atom. The van der Waals surface area contributed by atoms with Gasteiger partial charge in [0.1, 0.15) is 6.61 Å². The molecule has 0 aliphatic rings. The molecule has 5 nitrogen and oxygen atoms in total. The van der Waals surface area contributed by atoms with Crippen molar-refractivity contribution in [2.75, 3.05) is 46.2 Å². The molecule has 0 fully saturated rings. The molecule has 0 aromatic carbocycles. The molecule has 0 aromatic rings. The van der Waals surface area contributed by atoms with Crippen LogP contribution in [0.5, 0.6) is 0 Å². The predicted molar refractivity (Wildman–Crippen MR) is 75.9 cm³/mol. The molecule has 114 valence electrons. The molecule has 0 radical (unpaired) electrons. The van der Waals surface area contributed by atoms with E-state index in [1.807, 2.05) is 6.92 Å². The van der Waals surface area contributed by atoms with E-state index in [0.29, 0.717) is 33.0 Å². The first kappa shape index (κ1) is 20.3. The second-order valence-corrected chi connectivity index (χ2v) is 3.31. The van der Waals surface area contributed by atoms with Crippen LogP contribution in [0.3, 0.4) is 0 Å². The Labute approximate surface area is 116 Å². The molecular weight excluding hydrogens is 248 g/mol. The van der Waals surface area contributed by atoms with Crippen LogP contribution in [0.15, 0.2) is 25.7 Å². The lowest BCUT2D eigenvalue weighted by molar-refractivity contribution is 0.0343. The van der Waals surface area contributed by atoms with Gasteiger partial charge in [-0.15, -0.1) is 0 Å². The number of hydrogen-bond acceptors (Lipinski definition) is 5. The largest absolute Gasteiger partial charge is 0.502 e.